The van der Waals surface area contributed by atoms with E-state index in [1.807, 2.05) is 32.0 Å². The summed E-state index contributed by atoms with van der Waals surface area (Å²) in [6.45, 7) is 4.76. The molecule has 2 unspecified atom stereocenters. The number of ether oxygens (including phenoxy) is 1. The molecule has 1 N–H and O–H groups in total. The monoisotopic (exact) mass is 257 g/mol. The number of terminal acetylenes is 1. The Balaban J connectivity index is 1.88. The average Bonchev–Trinajstić information content (AvgIpc) is 2.84. The second-order valence-corrected chi connectivity index (χ2v) is 5.79. The molecule has 19 heavy (non-hydrogen) atoms. The maximum absolute atomic E-state index is 6.06. The zero-order chi connectivity index (χ0) is 13.7. The normalized spacial score (nSPS) is 23.2. The Labute approximate surface area is 116 Å². The van der Waals surface area contributed by atoms with E-state index >= 15 is 0 Å². The zero-order valence-corrected chi connectivity index (χ0v) is 11.9. The van der Waals surface area contributed by atoms with Crippen molar-refractivity contribution in [3.8, 4) is 12.3 Å². The van der Waals surface area contributed by atoms with Gasteiger partial charge in [0, 0.05) is 6.04 Å². The van der Waals surface area contributed by atoms with E-state index in [0.717, 1.165) is 12.8 Å². The third-order valence-corrected chi connectivity index (χ3v) is 3.67. The molecule has 0 saturated heterocycles. The van der Waals surface area contributed by atoms with Crippen LogP contribution in [-0.4, -0.2) is 17.7 Å². The molecule has 0 heterocycles. The third kappa shape index (κ3) is 4.09. The lowest BCUT2D eigenvalue weighted by Crippen LogP contribution is -2.48. The van der Waals surface area contributed by atoms with Crippen molar-refractivity contribution in [2.45, 2.75) is 57.4 Å². The molecule has 1 aliphatic rings. The van der Waals surface area contributed by atoms with Crippen molar-refractivity contribution >= 4 is 0 Å². The van der Waals surface area contributed by atoms with Crippen LogP contribution in [0.4, 0.5) is 0 Å². The lowest BCUT2D eigenvalue weighted by Gasteiger charge is -2.29. The molecule has 1 fully saturated rings. The molecule has 0 aliphatic heterocycles. The van der Waals surface area contributed by atoms with Crippen molar-refractivity contribution < 1.29 is 4.74 Å². The van der Waals surface area contributed by atoms with E-state index in [1.165, 1.54) is 12.0 Å². The molecule has 0 spiro atoms. The van der Waals surface area contributed by atoms with Crippen molar-refractivity contribution in [2.75, 3.05) is 0 Å². The van der Waals surface area contributed by atoms with Crippen LogP contribution in [0.5, 0.6) is 0 Å². The molecule has 1 saturated carbocycles. The molecule has 0 radical (unpaired) electrons. The summed E-state index contributed by atoms with van der Waals surface area (Å²) in [7, 11) is 0. The summed E-state index contributed by atoms with van der Waals surface area (Å²) in [4.78, 5) is 0. The SMILES string of the molecule is C#CC(C)(C)NC1CCCC1OCc1ccccc1. The van der Waals surface area contributed by atoms with Crippen LogP contribution in [0.1, 0.15) is 38.7 Å². The first-order chi connectivity index (χ1) is 9.11. The summed E-state index contributed by atoms with van der Waals surface area (Å²) in [5, 5.41) is 3.53. The van der Waals surface area contributed by atoms with Crippen LogP contribution in [0.2, 0.25) is 0 Å². The number of hydrogen-bond donors (Lipinski definition) is 1. The van der Waals surface area contributed by atoms with Gasteiger partial charge < -0.3 is 4.74 Å². The van der Waals surface area contributed by atoms with Crippen molar-refractivity contribution in [3.05, 3.63) is 35.9 Å². The van der Waals surface area contributed by atoms with E-state index in [0.29, 0.717) is 12.6 Å². The first kappa shape index (κ1) is 14.1. The Hall–Kier alpha value is -1.30. The predicted molar refractivity (Wildman–Crippen MR) is 78.7 cm³/mol. The molecule has 0 amide bonds. The van der Waals surface area contributed by atoms with E-state index < -0.39 is 0 Å². The highest BCUT2D eigenvalue weighted by atomic mass is 16.5. The molecule has 1 aromatic carbocycles. The standard InChI is InChI=1S/C17H23NO/c1-4-17(2,3)18-15-11-8-12-16(15)19-13-14-9-6-5-7-10-14/h1,5-7,9-10,15-16,18H,8,11-13H2,2-3H3. The van der Waals surface area contributed by atoms with Crippen molar-refractivity contribution in [1.29, 1.82) is 0 Å². The van der Waals surface area contributed by atoms with Crippen LogP contribution in [-0.2, 0) is 11.3 Å². The van der Waals surface area contributed by atoms with Gasteiger partial charge in [0.25, 0.3) is 0 Å². The second kappa shape index (κ2) is 6.23. The summed E-state index contributed by atoms with van der Waals surface area (Å²) in [5.41, 5.74) is 0.966. The molecule has 2 rings (SSSR count). The van der Waals surface area contributed by atoms with Crippen LogP contribution < -0.4 is 5.32 Å². The highest BCUT2D eigenvalue weighted by Crippen LogP contribution is 2.25. The predicted octanol–water partition coefficient (Wildman–Crippen LogP) is 3.13. The van der Waals surface area contributed by atoms with Crippen molar-refractivity contribution in [3.63, 3.8) is 0 Å². The van der Waals surface area contributed by atoms with Gasteiger partial charge in [-0.3, -0.25) is 5.32 Å². The molecule has 1 aliphatic carbocycles. The van der Waals surface area contributed by atoms with Crippen LogP contribution in [0, 0.1) is 12.3 Å². The minimum Gasteiger partial charge on any atom is -0.372 e. The molecule has 2 nitrogen and oxygen atoms in total. The van der Waals surface area contributed by atoms with Crippen molar-refractivity contribution in [1.82, 2.24) is 5.32 Å². The van der Waals surface area contributed by atoms with Gasteiger partial charge in [-0.05, 0) is 38.7 Å². The van der Waals surface area contributed by atoms with Gasteiger partial charge in [-0.25, -0.2) is 0 Å². The number of rotatable bonds is 5. The Morgan fingerprint density at radius 1 is 1.32 bits per heavy atom. The van der Waals surface area contributed by atoms with Crippen molar-refractivity contribution in [2.24, 2.45) is 0 Å². The third-order valence-electron chi connectivity index (χ3n) is 3.67. The first-order valence-electron chi connectivity index (χ1n) is 7.02. The topological polar surface area (TPSA) is 21.3 Å². The molecular weight excluding hydrogens is 234 g/mol. The van der Waals surface area contributed by atoms with Gasteiger partial charge >= 0.3 is 0 Å². The molecule has 2 atom stereocenters. The molecule has 2 heteroatoms. The molecular formula is C17H23NO. The Morgan fingerprint density at radius 2 is 2.05 bits per heavy atom. The van der Waals surface area contributed by atoms with Gasteiger partial charge in [0.05, 0.1) is 18.2 Å². The van der Waals surface area contributed by atoms with Crippen LogP contribution in [0.3, 0.4) is 0 Å². The fraction of sp³-hybridized carbons (Fsp3) is 0.529. The maximum atomic E-state index is 6.06. The van der Waals surface area contributed by atoms with Gasteiger partial charge in [-0.15, -0.1) is 6.42 Å². The fourth-order valence-electron chi connectivity index (χ4n) is 2.57. The van der Waals surface area contributed by atoms with Gasteiger partial charge in [0.2, 0.25) is 0 Å². The fourth-order valence-corrected chi connectivity index (χ4v) is 2.57. The van der Waals surface area contributed by atoms with Crippen LogP contribution in [0.15, 0.2) is 30.3 Å². The molecule has 102 valence electrons. The lowest BCUT2D eigenvalue weighted by atomic mass is 10.0. The summed E-state index contributed by atoms with van der Waals surface area (Å²) in [6.07, 6.45) is 9.28. The first-order valence-corrected chi connectivity index (χ1v) is 7.02. The quantitative estimate of drug-likeness (QED) is 0.818. The number of hydrogen-bond acceptors (Lipinski definition) is 2. The van der Waals surface area contributed by atoms with Gasteiger partial charge in [0.1, 0.15) is 0 Å². The van der Waals surface area contributed by atoms with Gasteiger partial charge in [-0.1, -0.05) is 36.3 Å². The number of benzene rings is 1. The van der Waals surface area contributed by atoms with E-state index in [2.05, 4.69) is 23.4 Å². The summed E-state index contributed by atoms with van der Waals surface area (Å²) in [5.74, 6) is 2.80. The minimum atomic E-state index is -0.261. The highest BCUT2D eigenvalue weighted by Gasteiger charge is 2.31. The largest absolute Gasteiger partial charge is 0.372 e. The highest BCUT2D eigenvalue weighted by molar-refractivity contribution is 5.14. The second-order valence-electron chi connectivity index (χ2n) is 5.79. The van der Waals surface area contributed by atoms with Crippen LogP contribution >= 0.6 is 0 Å². The van der Waals surface area contributed by atoms with E-state index in [1.54, 1.807) is 0 Å². The van der Waals surface area contributed by atoms with Gasteiger partial charge in [0.15, 0.2) is 0 Å². The maximum Gasteiger partial charge on any atom is 0.0744 e. The zero-order valence-electron chi connectivity index (χ0n) is 11.9. The van der Waals surface area contributed by atoms with Gasteiger partial charge in [-0.2, -0.15) is 0 Å². The lowest BCUT2D eigenvalue weighted by molar-refractivity contribution is 0.0241. The average molecular weight is 257 g/mol. The molecule has 0 bridgehead atoms. The molecule has 0 aromatic heterocycles. The minimum absolute atomic E-state index is 0.261. The van der Waals surface area contributed by atoms with E-state index in [9.17, 15) is 0 Å². The summed E-state index contributed by atoms with van der Waals surface area (Å²) in [6, 6.07) is 10.7. The Bertz CT molecular complexity index is 432. The molecule has 1 aromatic rings. The summed E-state index contributed by atoms with van der Waals surface area (Å²) < 4.78 is 6.06. The number of nitrogens with one attached hydrogen (secondary N) is 1. The van der Waals surface area contributed by atoms with E-state index in [4.69, 9.17) is 11.2 Å². The summed E-state index contributed by atoms with van der Waals surface area (Å²) >= 11 is 0. The smallest absolute Gasteiger partial charge is 0.0744 e. The van der Waals surface area contributed by atoms with Crippen LogP contribution in [0.25, 0.3) is 0 Å². The Morgan fingerprint density at radius 3 is 2.74 bits per heavy atom. The Kier molecular flexibility index (Phi) is 4.63. The van der Waals surface area contributed by atoms with E-state index in [-0.39, 0.29) is 11.6 Å².